The van der Waals surface area contributed by atoms with Gasteiger partial charge in [0.1, 0.15) is 0 Å². The third kappa shape index (κ3) is 2.75. The fourth-order valence-electron chi connectivity index (χ4n) is 3.48. The first kappa shape index (κ1) is 15.8. The van der Waals surface area contributed by atoms with Crippen LogP contribution in [0.25, 0.3) is 10.9 Å². The Labute approximate surface area is 147 Å². The van der Waals surface area contributed by atoms with Crippen molar-refractivity contribution in [2.24, 2.45) is 0 Å². The average Bonchev–Trinajstić information content (AvgIpc) is 2.94. The zero-order chi connectivity index (χ0) is 16.7. The molecule has 2 aliphatic heterocycles. The van der Waals surface area contributed by atoms with E-state index in [0.29, 0.717) is 12.8 Å². The van der Waals surface area contributed by atoms with Gasteiger partial charge in [-0.3, -0.25) is 14.9 Å². The predicted molar refractivity (Wildman–Crippen MR) is 91.4 cm³/mol. The molecule has 2 amide bonds. The number of carbonyl (C=O) groups is 2. The van der Waals surface area contributed by atoms with Crippen LogP contribution in [0.4, 0.5) is 0 Å². The summed E-state index contributed by atoms with van der Waals surface area (Å²) in [5.74, 6) is -0.872. The van der Waals surface area contributed by atoms with E-state index in [1.807, 2.05) is 22.9 Å². The van der Waals surface area contributed by atoms with Crippen LogP contribution in [0.1, 0.15) is 49.9 Å². The van der Waals surface area contributed by atoms with Crippen LogP contribution in [0.15, 0.2) is 22.7 Å². The molecular weight excluding hydrogens is 374 g/mol. The van der Waals surface area contributed by atoms with Gasteiger partial charge in [-0.05, 0) is 43.9 Å². The van der Waals surface area contributed by atoms with E-state index in [4.69, 9.17) is 9.84 Å². The first-order valence-electron chi connectivity index (χ1n) is 8.26. The van der Waals surface area contributed by atoms with Gasteiger partial charge in [-0.15, -0.1) is 0 Å². The van der Waals surface area contributed by atoms with Gasteiger partial charge in [0.25, 0.3) is 0 Å². The number of amides is 2. The summed E-state index contributed by atoms with van der Waals surface area (Å²) in [6, 6.07) is 5.96. The second-order valence-corrected chi connectivity index (χ2v) is 7.23. The van der Waals surface area contributed by atoms with E-state index >= 15 is 0 Å². The van der Waals surface area contributed by atoms with Gasteiger partial charge >= 0.3 is 0 Å². The summed E-state index contributed by atoms with van der Waals surface area (Å²) < 4.78 is 8.72. The molecule has 2 atom stereocenters. The normalized spacial score (nSPS) is 25.0. The monoisotopic (exact) mass is 391 g/mol. The minimum Gasteiger partial charge on any atom is -0.356 e. The molecule has 1 N–H and O–H groups in total. The number of carbonyl (C=O) groups excluding carboxylic acids is 2. The molecule has 1 aromatic heterocycles. The molecule has 7 heteroatoms. The Morgan fingerprint density at radius 2 is 2.12 bits per heavy atom. The van der Waals surface area contributed by atoms with Crippen LogP contribution in [0.2, 0.25) is 0 Å². The van der Waals surface area contributed by atoms with Crippen molar-refractivity contribution in [3.05, 3.63) is 28.4 Å². The van der Waals surface area contributed by atoms with Crippen molar-refractivity contribution in [2.75, 3.05) is 6.61 Å². The summed E-state index contributed by atoms with van der Waals surface area (Å²) >= 11 is 3.50. The molecule has 126 valence electrons. The number of rotatable bonds is 2. The van der Waals surface area contributed by atoms with E-state index in [2.05, 4.69) is 21.2 Å². The molecule has 3 heterocycles. The molecule has 2 saturated heterocycles. The molecule has 0 spiro atoms. The van der Waals surface area contributed by atoms with Crippen molar-refractivity contribution in [1.29, 1.82) is 0 Å². The fourth-order valence-corrected chi connectivity index (χ4v) is 3.85. The predicted octanol–water partition coefficient (Wildman–Crippen LogP) is 3.02. The van der Waals surface area contributed by atoms with Gasteiger partial charge in [0.05, 0.1) is 17.1 Å². The summed E-state index contributed by atoms with van der Waals surface area (Å²) in [7, 11) is 0. The SMILES string of the molecule is O=C1CCC(c2nn(C3CCCCO3)c3ccc(Br)cc23)C(=O)N1. The summed E-state index contributed by atoms with van der Waals surface area (Å²) in [5, 5.41) is 8.12. The van der Waals surface area contributed by atoms with Crippen LogP contribution < -0.4 is 5.32 Å². The highest BCUT2D eigenvalue weighted by Crippen LogP contribution is 2.35. The number of hydrogen-bond acceptors (Lipinski definition) is 4. The minimum atomic E-state index is -0.399. The lowest BCUT2D eigenvalue weighted by Crippen LogP contribution is -2.39. The topological polar surface area (TPSA) is 73.2 Å². The highest BCUT2D eigenvalue weighted by Gasteiger charge is 2.33. The largest absolute Gasteiger partial charge is 0.356 e. The van der Waals surface area contributed by atoms with Crippen LogP contribution in [-0.4, -0.2) is 28.2 Å². The van der Waals surface area contributed by atoms with Crippen LogP contribution in [0.5, 0.6) is 0 Å². The van der Waals surface area contributed by atoms with Crippen LogP contribution in [0, 0.1) is 0 Å². The number of ether oxygens (including phenoxy) is 1. The maximum atomic E-state index is 12.3. The Morgan fingerprint density at radius 3 is 2.88 bits per heavy atom. The number of benzene rings is 1. The van der Waals surface area contributed by atoms with Gasteiger partial charge in [0, 0.05) is 22.9 Å². The molecule has 0 saturated carbocycles. The van der Waals surface area contributed by atoms with Crippen molar-refractivity contribution in [3.8, 4) is 0 Å². The summed E-state index contributed by atoms with van der Waals surface area (Å²) in [4.78, 5) is 23.7. The number of hydrogen-bond donors (Lipinski definition) is 1. The molecule has 0 radical (unpaired) electrons. The lowest BCUT2D eigenvalue weighted by atomic mass is 9.93. The molecule has 2 aromatic rings. The first-order chi connectivity index (χ1) is 11.6. The van der Waals surface area contributed by atoms with E-state index in [-0.39, 0.29) is 18.0 Å². The zero-order valence-corrected chi connectivity index (χ0v) is 14.7. The molecule has 0 bridgehead atoms. The number of aromatic nitrogens is 2. The number of piperidine rings is 1. The van der Waals surface area contributed by atoms with E-state index in [1.165, 1.54) is 0 Å². The number of halogens is 1. The standard InChI is InChI=1S/C17H18BrN3O3/c18-10-4-6-13-12(9-10)16(11-5-7-14(22)19-17(11)23)20-21(13)15-3-1-2-8-24-15/h4,6,9,11,15H,1-3,5,7-8H2,(H,19,22,23). The first-order valence-corrected chi connectivity index (χ1v) is 9.06. The third-order valence-electron chi connectivity index (χ3n) is 4.69. The number of nitrogens with one attached hydrogen (secondary N) is 1. The summed E-state index contributed by atoms with van der Waals surface area (Å²) in [6.07, 6.45) is 3.84. The fraction of sp³-hybridized carbons (Fsp3) is 0.471. The molecule has 2 unspecified atom stereocenters. The quantitative estimate of drug-likeness (QED) is 0.798. The van der Waals surface area contributed by atoms with Crippen molar-refractivity contribution >= 4 is 38.6 Å². The molecule has 2 fully saturated rings. The lowest BCUT2D eigenvalue weighted by molar-refractivity contribution is -0.134. The van der Waals surface area contributed by atoms with Gasteiger partial charge < -0.3 is 4.74 Å². The van der Waals surface area contributed by atoms with E-state index < -0.39 is 5.92 Å². The van der Waals surface area contributed by atoms with Crippen molar-refractivity contribution in [3.63, 3.8) is 0 Å². The smallest absolute Gasteiger partial charge is 0.235 e. The van der Waals surface area contributed by atoms with Crippen molar-refractivity contribution in [1.82, 2.24) is 15.1 Å². The zero-order valence-electron chi connectivity index (χ0n) is 13.1. The Balaban J connectivity index is 1.81. The van der Waals surface area contributed by atoms with Crippen LogP contribution >= 0.6 is 15.9 Å². The van der Waals surface area contributed by atoms with Crippen molar-refractivity contribution in [2.45, 2.75) is 44.2 Å². The second kappa shape index (κ2) is 6.29. The summed E-state index contributed by atoms with van der Waals surface area (Å²) in [5.41, 5.74) is 1.69. The number of nitrogens with zero attached hydrogens (tertiary/aromatic N) is 2. The Hall–Kier alpha value is -1.73. The Bertz CT molecular complexity index is 811. The van der Waals surface area contributed by atoms with Crippen LogP contribution in [0.3, 0.4) is 0 Å². The van der Waals surface area contributed by atoms with E-state index in [1.54, 1.807) is 0 Å². The van der Waals surface area contributed by atoms with Gasteiger partial charge in [0.15, 0.2) is 6.23 Å². The maximum Gasteiger partial charge on any atom is 0.235 e. The summed E-state index contributed by atoms with van der Waals surface area (Å²) in [6.45, 7) is 0.732. The number of fused-ring (bicyclic) bond motifs is 1. The Morgan fingerprint density at radius 1 is 1.25 bits per heavy atom. The van der Waals surface area contributed by atoms with Gasteiger partial charge in [-0.1, -0.05) is 15.9 Å². The van der Waals surface area contributed by atoms with Gasteiger partial charge in [-0.2, -0.15) is 5.10 Å². The molecular formula is C17H18BrN3O3. The van der Waals surface area contributed by atoms with E-state index in [0.717, 1.165) is 46.9 Å². The average molecular weight is 392 g/mol. The van der Waals surface area contributed by atoms with E-state index in [9.17, 15) is 9.59 Å². The second-order valence-electron chi connectivity index (χ2n) is 6.32. The van der Waals surface area contributed by atoms with Gasteiger partial charge in [-0.25, -0.2) is 4.68 Å². The lowest BCUT2D eigenvalue weighted by Gasteiger charge is -2.23. The van der Waals surface area contributed by atoms with Gasteiger partial charge in [0.2, 0.25) is 11.8 Å². The molecule has 0 aliphatic carbocycles. The highest BCUT2D eigenvalue weighted by molar-refractivity contribution is 9.10. The Kier molecular flexibility index (Phi) is 4.14. The third-order valence-corrected chi connectivity index (χ3v) is 5.19. The molecule has 6 nitrogen and oxygen atoms in total. The molecule has 24 heavy (non-hydrogen) atoms. The van der Waals surface area contributed by atoms with Crippen molar-refractivity contribution < 1.29 is 14.3 Å². The molecule has 4 rings (SSSR count). The maximum absolute atomic E-state index is 12.3. The molecule has 1 aromatic carbocycles. The van der Waals surface area contributed by atoms with Crippen LogP contribution in [-0.2, 0) is 14.3 Å². The molecule has 2 aliphatic rings. The minimum absolute atomic E-state index is 0.0931. The highest BCUT2D eigenvalue weighted by atomic mass is 79.9. The number of imide groups is 1.